The zero-order valence-electron chi connectivity index (χ0n) is 44.9. The number of rotatable bonds is 55. The van der Waals surface area contributed by atoms with Crippen LogP contribution in [0.5, 0.6) is 0 Å². The highest BCUT2D eigenvalue weighted by Gasteiger charge is 2.18. The van der Waals surface area contributed by atoms with Crippen molar-refractivity contribution in [2.45, 2.75) is 328 Å². The van der Waals surface area contributed by atoms with Crippen molar-refractivity contribution in [2.75, 3.05) is 13.2 Å². The molecule has 0 fully saturated rings. The Balaban J connectivity index is 3.42. The normalized spacial score (nSPS) is 12.8. The van der Waals surface area contributed by atoms with Gasteiger partial charge < -0.3 is 20.3 Å². The van der Waals surface area contributed by atoms with Crippen LogP contribution in [0.3, 0.4) is 0 Å². The van der Waals surface area contributed by atoms with Crippen molar-refractivity contribution in [3.63, 3.8) is 0 Å². The molecule has 0 spiro atoms. The van der Waals surface area contributed by atoms with Gasteiger partial charge in [-0.2, -0.15) is 0 Å². The first-order valence-electron chi connectivity index (χ1n) is 29.8. The molecule has 0 aliphatic rings. The lowest BCUT2D eigenvalue weighted by molar-refractivity contribution is -0.143. The minimum absolute atomic E-state index is 0.00160. The van der Waals surface area contributed by atoms with E-state index in [0.717, 1.165) is 44.9 Å². The molecule has 394 valence electrons. The SMILES string of the molecule is CCCC/C=C\CCCCCCCC(=O)OCCCCCCCCCCCCCC/C=C\CCCCCCCCCCCC(=O)NC(CO)C(O)/C=C/CCCCCCCCCCCCCC. The second-order valence-electron chi connectivity index (χ2n) is 20.3. The van der Waals surface area contributed by atoms with Crippen molar-refractivity contribution < 1.29 is 24.5 Å². The van der Waals surface area contributed by atoms with E-state index in [1.165, 1.54) is 244 Å². The molecule has 6 nitrogen and oxygen atoms in total. The van der Waals surface area contributed by atoms with E-state index in [-0.39, 0.29) is 18.5 Å². The van der Waals surface area contributed by atoms with Crippen LogP contribution in [0.4, 0.5) is 0 Å². The number of aliphatic hydroxyl groups is 2. The van der Waals surface area contributed by atoms with Gasteiger partial charge in [-0.15, -0.1) is 0 Å². The summed E-state index contributed by atoms with van der Waals surface area (Å²) in [5.41, 5.74) is 0. The van der Waals surface area contributed by atoms with E-state index in [2.05, 4.69) is 43.5 Å². The molecular formula is C61H115NO5. The summed E-state index contributed by atoms with van der Waals surface area (Å²) in [5, 5.41) is 23.1. The summed E-state index contributed by atoms with van der Waals surface area (Å²) in [6, 6.07) is -0.630. The number of carbonyl (C=O) groups excluding carboxylic acids is 2. The quantitative estimate of drug-likeness (QED) is 0.0321. The number of unbranched alkanes of at least 4 members (excludes halogenated alkanes) is 40. The molecule has 0 saturated carbocycles. The first-order valence-corrected chi connectivity index (χ1v) is 29.8. The van der Waals surface area contributed by atoms with Gasteiger partial charge in [0.1, 0.15) is 0 Å². The molecule has 0 aromatic rings. The Morgan fingerprint density at radius 2 is 0.716 bits per heavy atom. The van der Waals surface area contributed by atoms with Gasteiger partial charge in [-0.25, -0.2) is 0 Å². The van der Waals surface area contributed by atoms with Crippen LogP contribution in [0.15, 0.2) is 36.5 Å². The van der Waals surface area contributed by atoms with Crippen molar-refractivity contribution >= 4 is 11.9 Å². The maximum Gasteiger partial charge on any atom is 0.305 e. The van der Waals surface area contributed by atoms with Crippen molar-refractivity contribution in [2.24, 2.45) is 0 Å². The Bertz CT molecular complexity index is 1090. The van der Waals surface area contributed by atoms with Crippen LogP contribution in [0, 0.1) is 0 Å². The van der Waals surface area contributed by atoms with Crippen LogP contribution in [0.25, 0.3) is 0 Å². The monoisotopic (exact) mass is 942 g/mol. The smallest absolute Gasteiger partial charge is 0.305 e. The summed E-state index contributed by atoms with van der Waals surface area (Å²) in [6.07, 6.45) is 70.4. The minimum atomic E-state index is -0.846. The van der Waals surface area contributed by atoms with Crippen LogP contribution in [0.1, 0.15) is 316 Å². The lowest BCUT2D eigenvalue weighted by atomic mass is 10.0. The van der Waals surface area contributed by atoms with Gasteiger partial charge in [0, 0.05) is 12.8 Å². The van der Waals surface area contributed by atoms with Gasteiger partial charge >= 0.3 is 5.97 Å². The zero-order valence-corrected chi connectivity index (χ0v) is 44.9. The molecule has 0 bridgehead atoms. The number of aliphatic hydroxyl groups excluding tert-OH is 2. The van der Waals surface area contributed by atoms with Crippen LogP contribution < -0.4 is 5.32 Å². The highest BCUT2D eigenvalue weighted by atomic mass is 16.5. The van der Waals surface area contributed by atoms with E-state index in [9.17, 15) is 19.8 Å². The van der Waals surface area contributed by atoms with Gasteiger partial charge in [0.25, 0.3) is 0 Å². The van der Waals surface area contributed by atoms with Gasteiger partial charge in [0.15, 0.2) is 0 Å². The summed E-state index contributed by atoms with van der Waals surface area (Å²) in [6.45, 7) is 4.87. The number of amides is 1. The molecule has 0 heterocycles. The number of carbonyl (C=O) groups is 2. The van der Waals surface area contributed by atoms with Crippen molar-refractivity contribution in [3.05, 3.63) is 36.5 Å². The summed E-state index contributed by atoms with van der Waals surface area (Å²) in [7, 11) is 0. The fourth-order valence-electron chi connectivity index (χ4n) is 9.02. The van der Waals surface area contributed by atoms with Gasteiger partial charge in [-0.1, -0.05) is 262 Å². The molecule has 0 radical (unpaired) electrons. The van der Waals surface area contributed by atoms with Gasteiger partial charge in [0.2, 0.25) is 5.91 Å². The Kier molecular flexibility index (Phi) is 55.0. The highest BCUT2D eigenvalue weighted by Crippen LogP contribution is 2.16. The molecule has 0 aliphatic heterocycles. The van der Waals surface area contributed by atoms with Gasteiger partial charge in [0.05, 0.1) is 25.4 Å². The highest BCUT2D eigenvalue weighted by molar-refractivity contribution is 5.76. The fourth-order valence-corrected chi connectivity index (χ4v) is 9.02. The summed E-state index contributed by atoms with van der Waals surface area (Å²) in [4.78, 5) is 24.4. The molecule has 67 heavy (non-hydrogen) atoms. The molecule has 1 amide bonds. The third-order valence-electron chi connectivity index (χ3n) is 13.6. The third kappa shape index (κ3) is 53.3. The van der Waals surface area contributed by atoms with E-state index in [1.807, 2.05) is 6.08 Å². The molecule has 6 heteroatoms. The first kappa shape index (κ1) is 65.1. The van der Waals surface area contributed by atoms with E-state index in [0.29, 0.717) is 19.4 Å². The number of allylic oxidation sites excluding steroid dienone is 5. The number of hydrogen-bond donors (Lipinski definition) is 3. The Morgan fingerprint density at radius 3 is 1.10 bits per heavy atom. The molecule has 0 aliphatic carbocycles. The largest absolute Gasteiger partial charge is 0.466 e. The van der Waals surface area contributed by atoms with Gasteiger partial charge in [-0.05, 0) is 77.0 Å². The average molecular weight is 943 g/mol. The van der Waals surface area contributed by atoms with E-state index < -0.39 is 12.1 Å². The molecule has 0 saturated heterocycles. The van der Waals surface area contributed by atoms with E-state index >= 15 is 0 Å². The zero-order chi connectivity index (χ0) is 48.6. The Labute approximate surface area is 417 Å². The molecular weight excluding hydrogens is 827 g/mol. The third-order valence-corrected chi connectivity index (χ3v) is 13.6. The Morgan fingerprint density at radius 1 is 0.403 bits per heavy atom. The number of nitrogens with one attached hydrogen (secondary N) is 1. The molecule has 2 unspecified atom stereocenters. The standard InChI is InChI=1S/C61H115NO5/c1-3-5-7-9-11-13-15-16-30-34-37-41-45-49-53-59(64)58(57-63)62-60(65)54-50-46-42-38-35-31-28-26-24-22-20-18-17-19-21-23-25-27-29-32-36-40-44-48-52-56-67-61(66)55-51-47-43-39-33-14-12-10-8-6-4-2/h10,12,18,20,49,53,58-59,63-64H,3-9,11,13-17,19,21-48,50-52,54-57H2,1-2H3,(H,62,65)/b12-10-,20-18-,53-49+. The topological polar surface area (TPSA) is 95.9 Å². The van der Waals surface area contributed by atoms with Crippen LogP contribution >= 0.6 is 0 Å². The maximum atomic E-state index is 12.4. The molecule has 0 rings (SSSR count). The van der Waals surface area contributed by atoms with Crippen LogP contribution in [-0.4, -0.2) is 47.4 Å². The molecule has 3 N–H and O–H groups in total. The van der Waals surface area contributed by atoms with Crippen molar-refractivity contribution in [1.29, 1.82) is 0 Å². The fraction of sp³-hybridized carbons (Fsp3) is 0.869. The predicted molar refractivity (Wildman–Crippen MR) is 292 cm³/mol. The maximum absolute atomic E-state index is 12.4. The Hall–Kier alpha value is -1.92. The second kappa shape index (κ2) is 56.7. The minimum Gasteiger partial charge on any atom is -0.466 e. The summed E-state index contributed by atoms with van der Waals surface area (Å²) in [5.74, 6) is -0.0691. The lowest BCUT2D eigenvalue weighted by Gasteiger charge is -2.20. The second-order valence-corrected chi connectivity index (χ2v) is 20.3. The number of hydrogen-bond acceptors (Lipinski definition) is 5. The predicted octanol–water partition coefficient (Wildman–Crippen LogP) is 18.4. The van der Waals surface area contributed by atoms with E-state index in [1.54, 1.807) is 6.08 Å². The number of esters is 1. The van der Waals surface area contributed by atoms with Crippen molar-refractivity contribution in [3.8, 4) is 0 Å². The first-order chi connectivity index (χ1) is 33.0. The van der Waals surface area contributed by atoms with Crippen molar-refractivity contribution in [1.82, 2.24) is 5.32 Å². The lowest BCUT2D eigenvalue weighted by Crippen LogP contribution is -2.45. The van der Waals surface area contributed by atoms with Gasteiger partial charge in [-0.3, -0.25) is 9.59 Å². The summed E-state index contributed by atoms with van der Waals surface area (Å²) < 4.78 is 5.46. The van der Waals surface area contributed by atoms with E-state index in [4.69, 9.17) is 4.74 Å². The average Bonchev–Trinajstić information content (AvgIpc) is 3.33. The van der Waals surface area contributed by atoms with Crippen LogP contribution in [-0.2, 0) is 14.3 Å². The molecule has 2 atom stereocenters. The summed E-state index contributed by atoms with van der Waals surface area (Å²) >= 11 is 0. The number of ether oxygens (including phenoxy) is 1. The van der Waals surface area contributed by atoms with Crippen LogP contribution in [0.2, 0.25) is 0 Å². The molecule has 0 aromatic heterocycles. The molecule has 0 aromatic carbocycles.